The van der Waals surface area contributed by atoms with Crippen LogP contribution in [0.2, 0.25) is 0 Å². The van der Waals surface area contributed by atoms with Crippen LogP contribution >= 0.6 is 0 Å². The fourth-order valence-corrected chi connectivity index (χ4v) is 1.99. The average molecular weight is 221 g/mol. The highest BCUT2D eigenvalue weighted by Crippen LogP contribution is 2.35. The van der Waals surface area contributed by atoms with Crippen molar-refractivity contribution in [1.29, 1.82) is 0 Å². The van der Waals surface area contributed by atoms with Crippen LogP contribution in [0.4, 0.5) is 5.82 Å². The minimum Gasteiger partial charge on any atom is -0.486 e. The lowest BCUT2D eigenvalue weighted by atomic mass is 10.1. The molecule has 0 aliphatic carbocycles. The molecule has 4 nitrogen and oxygen atoms in total. The Labute approximate surface area is 96.7 Å². The van der Waals surface area contributed by atoms with E-state index in [0.717, 1.165) is 30.4 Å². The van der Waals surface area contributed by atoms with Crippen LogP contribution in [-0.4, -0.2) is 29.2 Å². The van der Waals surface area contributed by atoms with Crippen LogP contribution in [0.1, 0.15) is 39.3 Å². The molecule has 0 bridgehead atoms. The van der Waals surface area contributed by atoms with Crippen LogP contribution in [0.15, 0.2) is 6.33 Å². The van der Waals surface area contributed by atoms with Crippen molar-refractivity contribution in [3.05, 3.63) is 12.0 Å². The van der Waals surface area contributed by atoms with Crippen molar-refractivity contribution < 1.29 is 4.74 Å². The number of nitrogens with zero attached hydrogens (tertiary/aromatic N) is 3. The molecule has 0 unspecified atom stereocenters. The minimum atomic E-state index is 0.365. The van der Waals surface area contributed by atoms with Gasteiger partial charge in [-0.1, -0.05) is 13.8 Å². The third-order valence-corrected chi connectivity index (χ3v) is 2.83. The topological polar surface area (TPSA) is 38.3 Å². The van der Waals surface area contributed by atoms with Gasteiger partial charge in [-0.05, 0) is 19.8 Å². The van der Waals surface area contributed by atoms with E-state index in [1.807, 2.05) is 0 Å². The molecule has 0 aromatic carbocycles. The molecule has 0 amide bonds. The number of fused-ring (bicyclic) bond motifs is 1. The fourth-order valence-electron chi connectivity index (χ4n) is 1.99. The number of rotatable bonds is 2. The van der Waals surface area contributed by atoms with Crippen LogP contribution in [0.5, 0.6) is 5.75 Å². The second-order valence-electron chi connectivity index (χ2n) is 4.70. The zero-order valence-corrected chi connectivity index (χ0v) is 10.4. The van der Waals surface area contributed by atoms with Crippen LogP contribution in [0, 0.1) is 0 Å². The zero-order valence-electron chi connectivity index (χ0n) is 10.4. The van der Waals surface area contributed by atoms with Gasteiger partial charge in [0.25, 0.3) is 0 Å². The molecule has 1 aliphatic rings. The summed E-state index contributed by atoms with van der Waals surface area (Å²) >= 11 is 0. The van der Waals surface area contributed by atoms with Crippen molar-refractivity contribution in [3.63, 3.8) is 0 Å². The van der Waals surface area contributed by atoms with Crippen molar-refractivity contribution in [2.75, 3.05) is 18.1 Å². The maximum Gasteiger partial charge on any atom is 0.183 e. The molecule has 0 spiro atoms. The summed E-state index contributed by atoms with van der Waals surface area (Å²) in [6, 6.07) is 0.442. The van der Waals surface area contributed by atoms with E-state index in [1.165, 1.54) is 0 Å². The lowest BCUT2D eigenvalue weighted by molar-refractivity contribution is 0.293. The SMILES string of the molecule is CC(C)c1ncnc2c1OCCN2C(C)C. The lowest BCUT2D eigenvalue weighted by Gasteiger charge is -2.34. The molecule has 1 aromatic rings. The van der Waals surface area contributed by atoms with Gasteiger partial charge in [0, 0.05) is 6.04 Å². The average Bonchev–Trinajstić information content (AvgIpc) is 2.27. The van der Waals surface area contributed by atoms with Gasteiger partial charge in [0.15, 0.2) is 11.6 Å². The normalized spacial score (nSPS) is 15.2. The van der Waals surface area contributed by atoms with E-state index in [1.54, 1.807) is 6.33 Å². The quantitative estimate of drug-likeness (QED) is 0.767. The highest BCUT2D eigenvalue weighted by Gasteiger charge is 2.25. The first-order valence-corrected chi connectivity index (χ1v) is 5.85. The molecule has 2 rings (SSSR count). The second-order valence-corrected chi connectivity index (χ2v) is 4.70. The first-order valence-electron chi connectivity index (χ1n) is 5.85. The Morgan fingerprint density at radius 1 is 1.25 bits per heavy atom. The number of ether oxygens (including phenoxy) is 1. The summed E-state index contributed by atoms with van der Waals surface area (Å²) in [6.45, 7) is 10.2. The molecule has 0 saturated carbocycles. The molecular weight excluding hydrogens is 202 g/mol. The predicted octanol–water partition coefficient (Wildman–Crippen LogP) is 2.21. The first kappa shape index (κ1) is 11.2. The predicted molar refractivity (Wildman–Crippen MR) is 64.1 cm³/mol. The molecule has 0 saturated heterocycles. The second kappa shape index (κ2) is 4.28. The van der Waals surface area contributed by atoms with Crippen LogP contribution < -0.4 is 9.64 Å². The van der Waals surface area contributed by atoms with Crippen molar-refractivity contribution in [1.82, 2.24) is 9.97 Å². The number of anilines is 1. The smallest absolute Gasteiger partial charge is 0.183 e. The van der Waals surface area contributed by atoms with Crippen molar-refractivity contribution in [2.45, 2.75) is 39.7 Å². The molecule has 4 heteroatoms. The Bertz CT molecular complexity index is 377. The lowest BCUT2D eigenvalue weighted by Crippen LogP contribution is -2.39. The molecule has 1 aromatic heterocycles. The summed E-state index contributed by atoms with van der Waals surface area (Å²) in [5, 5.41) is 0. The summed E-state index contributed by atoms with van der Waals surface area (Å²) in [5.41, 5.74) is 1.01. The van der Waals surface area contributed by atoms with E-state index in [0.29, 0.717) is 12.0 Å². The van der Waals surface area contributed by atoms with Gasteiger partial charge >= 0.3 is 0 Å². The largest absolute Gasteiger partial charge is 0.486 e. The standard InChI is InChI=1S/C12H19N3O/c1-8(2)10-11-12(14-7-13-10)15(9(3)4)5-6-16-11/h7-9H,5-6H2,1-4H3. The van der Waals surface area contributed by atoms with E-state index < -0.39 is 0 Å². The van der Waals surface area contributed by atoms with E-state index in [-0.39, 0.29) is 0 Å². The van der Waals surface area contributed by atoms with Crippen LogP contribution in [0.25, 0.3) is 0 Å². The number of aromatic nitrogens is 2. The van der Waals surface area contributed by atoms with Crippen molar-refractivity contribution >= 4 is 5.82 Å². The van der Waals surface area contributed by atoms with Crippen LogP contribution in [0.3, 0.4) is 0 Å². The molecule has 88 valence electrons. The van der Waals surface area contributed by atoms with Gasteiger partial charge in [-0.25, -0.2) is 9.97 Å². The van der Waals surface area contributed by atoms with Crippen LogP contribution in [-0.2, 0) is 0 Å². The maximum absolute atomic E-state index is 5.73. The zero-order chi connectivity index (χ0) is 11.7. The van der Waals surface area contributed by atoms with Crippen molar-refractivity contribution in [2.24, 2.45) is 0 Å². The fraction of sp³-hybridized carbons (Fsp3) is 0.667. The summed E-state index contributed by atoms with van der Waals surface area (Å²) in [5.74, 6) is 2.18. The Kier molecular flexibility index (Phi) is 2.99. The maximum atomic E-state index is 5.73. The van der Waals surface area contributed by atoms with E-state index in [9.17, 15) is 0 Å². The third-order valence-electron chi connectivity index (χ3n) is 2.83. The molecule has 0 fully saturated rings. The van der Waals surface area contributed by atoms with Gasteiger partial charge in [-0.3, -0.25) is 0 Å². The van der Waals surface area contributed by atoms with Gasteiger partial charge in [0.05, 0.1) is 12.2 Å². The third kappa shape index (κ3) is 1.84. The summed E-state index contributed by atoms with van der Waals surface area (Å²) in [4.78, 5) is 10.9. The van der Waals surface area contributed by atoms with Gasteiger partial charge in [0.2, 0.25) is 0 Å². The van der Waals surface area contributed by atoms with E-state index in [2.05, 4.69) is 42.6 Å². The number of hydrogen-bond acceptors (Lipinski definition) is 4. The van der Waals surface area contributed by atoms with Gasteiger partial charge in [-0.2, -0.15) is 0 Å². The molecule has 0 radical (unpaired) electrons. The summed E-state index contributed by atoms with van der Waals surface area (Å²) < 4.78 is 5.73. The highest BCUT2D eigenvalue weighted by molar-refractivity contribution is 5.57. The Morgan fingerprint density at radius 2 is 2.00 bits per heavy atom. The van der Waals surface area contributed by atoms with Gasteiger partial charge < -0.3 is 9.64 Å². The van der Waals surface area contributed by atoms with E-state index >= 15 is 0 Å². The molecule has 0 atom stereocenters. The molecule has 16 heavy (non-hydrogen) atoms. The van der Waals surface area contributed by atoms with Gasteiger partial charge in [-0.15, -0.1) is 0 Å². The molecular formula is C12H19N3O. The molecule has 0 N–H and O–H groups in total. The monoisotopic (exact) mass is 221 g/mol. The summed E-state index contributed by atoms with van der Waals surface area (Å²) in [6.07, 6.45) is 1.64. The molecule has 1 aliphatic heterocycles. The minimum absolute atomic E-state index is 0.365. The van der Waals surface area contributed by atoms with E-state index in [4.69, 9.17) is 4.74 Å². The Hall–Kier alpha value is -1.32. The first-order chi connectivity index (χ1) is 7.61. The highest BCUT2D eigenvalue weighted by atomic mass is 16.5. The summed E-state index contributed by atoms with van der Waals surface area (Å²) in [7, 11) is 0. The van der Waals surface area contributed by atoms with Crippen molar-refractivity contribution in [3.8, 4) is 5.75 Å². The van der Waals surface area contributed by atoms with Gasteiger partial charge in [0.1, 0.15) is 12.9 Å². The Morgan fingerprint density at radius 3 is 2.62 bits per heavy atom. The molecule has 2 heterocycles. The Balaban J connectivity index is 2.46. The number of hydrogen-bond donors (Lipinski definition) is 0.